The number of ether oxygens (including phenoxy) is 3. The molecule has 0 aromatic heterocycles. The normalized spacial score (nSPS) is 15.3. The second-order valence-corrected chi connectivity index (χ2v) is 8.64. The SMILES string of the molecule is CCOC(=O)C(Nc1ccc(C(=N)N)cc1)c1cc(OCC)cc(OCC2CCN(C)CC2)c1F. The number of anilines is 1. The van der Waals surface area contributed by atoms with Gasteiger partial charge in [-0.25, -0.2) is 9.18 Å². The van der Waals surface area contributed by atoms with Gasteiger partial charge >= 0.3 is 5.97 Å². The molecule has 8 nitrogen and oxygen atoms in total. The van der Waals surface area contributed by atoms with E-state index < -0.39 is 17.8 Å². The summed E-state index contributed by atoms with van der Waals surface area (Å²) in [6.07, 6.45) is 1.97. The summed E-state index contributed by atoms with van der Waals surface area (Å²) in [4.78, 5) is 15.2. The lowest BCUT2D eigenvalue weighted by molar-refractivity contribution is -0.144. The zero-order chi connectivity index (χ0) is 25.4. The summed E-state index contributed by atoms with van der Waals surface area (Å²) < 4.78 is 32.6. The summed E-state index contributed by atoms with van der Waals surface area (Å²) in [5.41, 5.74) is 6.68. The van der Waals surface area contributed by atoms with Crippen molar-refractivity contribution in [3.8, 4) is 11.5 Å². The van der Waals surface area contributed by atoms with Gasteiger partial charge in [0, 0.05) is 22.9 Å². The van der Waals surface area contributed by atoms with Crippen LogP contribution in [0.1, 0.15) is 43.9 Å². The molecule has 1 atom stereocenters. The van der Waals surface area contributed by atoms with Gasteiger partial charge < -0.3 is 30.2 Å². The first kappa shape index (κ1) is 26.3. The Kier molecular flexibility index (Phi) is 9.31. The van der Waals surface area contributed by atoms with Crippen molar-refractivity contribution >= 4 is 17.5 Å². The van der Waals surface area contributed by atoms with Gasteiger partial charge in [0.15, 0.2) is 17.6 Å². The molecule has 1 heterocycles. The van der Waals surface area contributed by atoms with Gasteiger partial charge in [0.25, 0.3) is 0 Å². The fraction of sp³-hybridized carbons (Fsp3) is 0.462. The molecule has 1 unspecified atom stereocenters. The largest absolute Gasteiger partial charge is 0.494 e. The Morgan fingerprint density at radius 3 is 2.46 bits per heavy atom. The lowest BCUT2D eigenvalue weighted by atomic mass is 9.98. The number of nitrogens with one attached hydrogen (secondary N) is 2. The van der Waals surface area contributed by atoms with Gasteiger partial charge in [-0.15, -0.1) is 0 Å². The predicted octanol–water partition coefficient (Wildman–Crippen LogP) is 3.95. The molecule has 9 heteroatoms. The minimum absolute atomic E-state index is 0.0490. The number of benzene rings is 2. The Labute approximate surface area is 206 Å². The second-order valence-electron chi connectivity index (χ2n) is 8.64. The number of halogens is 1. The molecular weight excluding hydrogens is 451 g/mol. The maximum Gasteiger partial charge on any atom is 0.333 e. The first-order valence-corrected chi connectivity index (χ1v) is 12.0. The molecule has 2 aromatic carbocycles. The van der Waals surface area contributed by atoms with Crippen LogP contribution in [0, 0.1) is 17.1 Å². The Hall–Kier alpha value is -3.33. The van der Waals surface area contributed by atoms with Gasteiger partial charge in [0.05, 0.1) is 19.8 Å². The van der Waals surface area contributed by atoms with Crippen LogP contribution < -0.4 is 20.5 Å². The van der Waals surface area contributed by atoms with Crippen molar-refractivity contribution in [3.05, 3.63) is 53.3 Å². The molecule has 0 bridgehead atoms. The van der Waals surface area contributed by atoms with Crippen molar-refractivity contribution in [1.29, 1.82) is 5.41 Å². The summed E-state index contributed by atoms with van der Waals surface area (Å²) >= 11 is 0. The molecular formula is C26H35FN4O4. The number of likely N-dealkylation sites (tertiary alicyclic amines) is 1. The number of carbonyl (C=O) groups is 1. The third-order valence-electron chi connectivity index (χ3n) is 6.00. The third kappa shape index (κ3) is 7.08. The van der Waals surface area contributed by atoms with Crippen LogP contribution in [0.25, 0.3) is 0 Å². The number of nitrogens with zero attached hydrogens (tertiary/aromatic N) is 1. The number of piperidine rings is 1. The van der Waals surface area contributed by atoms with Crippen molar-refractivity contribution in [1.82, 2.24) is 4.90 Å². The number of hydrogen-bond donors (Lipinski definition) is 3. The number of hydrogen-bond acceptors (Lipinski definition) is 7. The van der Waals surface area contributed by atoms with E-state index in [1.54, 1.807) is 31.2 Å². The smallest absolute Gasteiger partial charge is 0.333 e. The molecule has 2 aromatic rings. The topological polar surface area (TPSA) is 110 Å². The van der Waals surface area contributed by atoms with Crippen LogP contribution in [0.2, 0.25) is 0 Å². The Bertz CT molecular complexity index is 1010. The molecule has 35 heavy (non-hydrogen) atoms. The molecule has 0 saturated carbocycles. The van der Waals surface area contributed by atoms with E-state index in [2.05, 4.69) is 17.3 Å². The number of esters is 1. The van der Waals surface area contributed by atoms with Crippen LogP contribution in [0.4, 0.5) is 10.1 Å². The number of amidine groups is 1. The quantitative estimate of drug-likeness (QED) is 0.251. The van der Waals surface area contributed by atoms with Crippen LogP contribution >= 0.6 is 0 Å². The first-order chi connectivity index (χ1) is 16.8. The molecule has 1 aliphatic rings. The van der Waals surface area contributed by atoms with E-state index in [-0.39, 0.29) is 23.8 Å². The number of carbonyl (C=O) groups excluding carboxylic acids is 1. The minimum Gasteiger partial charge on any atom is -0.494 e. The summed E-state index contributed by atoms with van der Waals surface area (Å²) in [6, 6.07) is 8.53. The molecule has 0 aliphatic carbocycles. The lowest BCUT2D eigenvalue weighted by Crippen LogP contribution is -2.32. The Balaban J connectivity index is 1.90. The van der Waals surface area contributed by atoms with Gasteiger partial charge in [-0.2, -0.15) is 0 Å². The summed E-state index contributed by atoms with van der Waals surface area (Å²) in [5.74, 6) is -0.536. The summed E-state index contributed by atoms with van der Waals surface area (Å²) in [7, 11) is 2.09. The Morgan fingerprint density at radius 2 is 1.86 bits per heavy atom. The van der Waals surface area contributed by atoms with E-state index in [0.29, 0.717) is 36.1 Å². The molecule has 190 valence electrons. The monoisotopic (exact) mass is 486 g/mol. The van der Waals surface area contributed by atoms with Crippen LogP contribution in [-0.4, -0.2) is 56.7 Å². The predicted molar refractivity (Wildman–Crippen MR) is 134 cm³/mol. The van der Waals surface area contributed by atoms with Crippen molar-refractivity contribution in [2.45, 2.75) is 32.7 Å². The maximum absolute atomic E-state index is 15.8. The lowest BCUT2D eigenvalue weighted by Gasteiger charge is -2.29. The average molecular weight is 487 g/mol. The van der Waals surface area contributed by atoms with E-state index in [1.165, 1.54) is 12.1 Å². The van der Waals surface area contributed by atoms with Gasteiger partial charge in [0.1, 0.15) is 11.6 Å². The summed E-state index contributed by atoms with van der Waals surface area (Å²) in [6.45, 7) is 6.41. The standard InChI is InChI=1S/C26H35FN4O4/c1-4-33-20-14-21(23(27)22(15-20)35-16-17-10-12-31(3)13-11-17)24(26(32)34-5-2)30-19-8-6-18(7-9-19)25(28)29/h6-9,14-15,17,24,30H,4-5,10-13,16H2,1-3H3,(H3,28,29). The van der Waals surface area contributed by atoms with Gasteiger partial charge in [0.2, 0.25) is 0 Å². The molecule has 4 N–H and O–H groups in total. The fourth-order valence-electron chi connectivity index (χ4n) is 4.00. The zero-order valence-electron chi connectivity index (χ0n) is 20.6. The van der Waals surface area contributed by atoms with Crippen LogP contribution in [0.15, 0.2) is 36.4 Å². The zero-order valence-corrected chi connectivity index (χ0v) is 20.6. The first-order valence-electron chi connectivity index (χ1n) is 12.0. The van der Waals surface area contributed by atoms with Crippen LogP contribution in [0.3, 0.4) is 0 Å². The van der Waals surface area contributed by atoms with E-state index in [0.717, 1.165) is 25.9 Å². The van der Waals surface area contributed by atoms with Crippen molar-refractivity contribution < 1.29 is 23.4 Å². The molecule has 1 fully saturated rings. The maximum atomic E-state index is 15.8. The van der Waals surface area contributed by atoms with Gasteiger partial charge in [-0.05, 0) is 83.1 Å². The highest BCUT2D eigenvalue weighted by Crippen LogP contribution is 2.34. The highest BCUT2D eigenvalue weighted by molar-refractivity contribution is 5.95. The van der Waals surface area contributed by atoms with E-state index >= 15 is 4.39 Å². The fourth-order valence-corrected chi connectivity index (χ4v) is 4.00. The average Bonchev–Trinajstić information content (AvgIpc) is 2.84. The summed E-state index contributed by atoms with van der Waals surface area (Å²) in [5, 5.41) is 10.6. The van der Waals surface area contributed by atoms with E-state index in [4.69, 9.17) is 25.4 Å². The highest BCUT2D eigenvalue weighted by Gasteiger charge is 2.29. The molecule has 0 radical (unpaired) electrons. The molecule has 1 aliphatic heterocycles. The Morgan fingerprint density at radius 1 is 1.17 bits per heavy atom. The van der Waals surface area contributed by atoms with E-state index in [9.17, 15) is 4.79 Å². The molecule has 0 spiro atoms. The van der Waals surface area contributed by atoms with Crippen LogP contribution in [-0.2, 0) is 9.53 Å². The molecule has 1 saturated heterocycles. The van der Waals surface area contributed by atoms with Gasteiger partial charge in [-0.3, -0.25) is 5.41 Å². The molecule has 0 amide bonds. The van der Waals surface area contributed by atoms with Gasteiger partial charge in [-0.1, -0.05) is 0 Å². The second kappa shape index (κ2) is 12.4. The number of nitrogen functional groups attached to an aromatic ring is 1. The van der Waals surface area contributed by atoms with Crippen LogP contribution in [0.5, 0.6) is 11.5 Å². The number of rotatable bonds is 11. The van der Waals surface area contributed by atoms with Crippen molar-refractivity contribution in [2.24, 2.45) is 11.7 Å². The minimum atomic E-state index is -1.13. The highest BCUT2D eigenvalue weighted by atomic mass is 19.1. The van der Waals surface area contributed by atoms with E-state index in [1.807, 2.05) is 6.92 Å². The number of nitrogens with two attached hydrogens (primary N) is 1. The molecule has 3 rings (SSSR count). The van der Waals surface area contributed by atoms with Crippen molar-refractivity contribution in [2.75, 3.05) is 45.3 Å². The third-order valence-corrected chi connectivity index (χ3v) is 6.00. The van der Waals surface area contributed by atoms with Crippen molar-refractivity contribution in [3.63, 3.8) is 0 Å².